The highest BCUT2D eigenvalue weighted by atomic mass is 32.2. The Hall–Kier alpha value is -0.510. The molecule has 0 bridgehead atoms. The number of benzene rings is 1. The van der Waals surface area contributed by atoms with Crippen molar-refractivity contribution in [2.45, 2.75) is 49.4 Å². The molecule has 3 atom stereocenters. The minimum atomic E-state index is 0.311. The van der Waals surface area contributed by atoms with Crippen LogP contribution in [0, 0.1) is 0 Å². The smallest absolute Gasteiger partial charge is 0.0791 e. The van der Waals surface area contributed by atoms with Crippen LogP contribution in [0.1, 0.15) is 32.3 Å². The molecule has 0 aliphatic carbocycles. The predicted octanol–water partition coefficient (Wildman–Crippen LogP) is 3.09. The van der Waals surface area contributed by atoms with Crippen molar-refractivity contribution in [3.8, 4) is 0 Å². The van der Waals surface area contributed by atoms with Gasteiger partial charge in [0.25, 0.3) is 0 Å². The molecule has 1 aromatic carbocycles. The van der Waals surface area contributed by atoms with Crippen LogP contribution in [0.5, 0.6) is 0 Å². The van der Waals surface area contributed by atoms with E-state index >= 15 is 0 Å². The Morgan fingerprint density at radius 2 is 2.11 bits per heavy atom. The van der Waals surface area contributed by atoms with Crippen molar-refractivity contribution in [2.75, 3.05) is 13.1 Å². The van der Waals surface area contributed by atoms with E-state index in [0.717, 1.165) is 11.8 Å². The van der Waals surface area contributed by atoms with Crippen LogP contribution in [0.25, 0.3) is 0 Å². The summed E-state index contributed by atoms with van der Waals surface area (Å²) in [5.41, 5.74) is 1.43. The maximum Gasteiger partial charge on any atom is 0.0791 e. The molecule has 104 valence electrons. The highest BCUT2D eigenvalue weighted by Gasteiger charge is 2.44. The van der Waals surface area contributed by atoms with Gasteiger partial charge in [-0.1, -0.05) is 37.3 Å². The second kappa shape index (κ2) is 5.47. The molecule has 3 unspecified atom stereocenters. The summed E-state index contributed by atoms with van der Waals surface area (Å²) in [4.78, 5) is 2.94. The number of nitrogens with one attached hydrogen (secondary N) is 1. The molecular weight excluding hydrogens is 252 g/mol. The molecule has 0 aromatic heterocycles. The Morgan fingerprint density at radius 3 is 2.84 bits per heavy atom. The Kier molecular flexibility index (Phi) is 3.88. The topological polar surface area (TPSA) is 15.3 Å². The Labute approximate surface area is 121 Å². The maximum atomic E-state index is 3.79. The van der Waals surface area contributed by atoms with E-state index in [1.807, 2.05) is 0 Å². The van der Waals surface area contributed by atoms with Crippen LogP contribution in [0.4, 0.5) is 0 Å². The highest BCUT2D eigenvalue weighted by molar-refractivity contribution is 8.01. The first-order chi connectivity index (χ1) is 9.17. The van der Waals surface area contributed by atoms with Crippen molar-refractivity contribution < 1.29 is 0 Å². The third-order valence-corrected chi connectivity index (χ3v) is 5.89. The van der Waals surface area contributed by atoms with E-state index in [-0.39, 0.29) is 0 Å². The molecule has 0 saturated carbocycles. The van der Waals surface area contributed by atoms with Crippen LogP contribution in [-0.4, -0.2) is 34.2 Å². The summed E-state index contributed by atoms with van der Waals surface area (Å²) in [5.74, 6) is 0. The molecule has 0 amide bonds. The molecule has 3 rings (SSSR count). The second-order valence-corrected chi connectivity index (χ2v) is 7.90. The molecule has 2 aliphatic heterocycles. The normalized spacial score (nSPS) is 35.9. The van der Waals surface area contributed by atoms with E-state index in [1.54, 1.807) is 0 Å². The molecule has 2 nitrogen and oxygen atoms in total. The van der Waals surface area contributed by atoms with Crippen molar-refractivity contribution in [3.63, 3.8) is 0 Å². The third kappa shape index (κ3) is 2.99. The summed E-state index contributed by atoms with van der Waals surface area (Å²) in [6, 6.07) is 11.5. The summed E-state index contributed by atoms with van der Waals surface area (Å²) in [6.45, 7) is 8.19. The van der Waals surface area contributed by atoms with Crippen LogP contribution < -0.4 is 5.32 Å². The van der Waals surface area contributed by atoms with Gasteiger partial charge in [-0.3, -0.25) is 4.90 Å². The highest BCUT2D eigenvalue weighted by Crippen LogP contribution is 2.42. The molecule has 1 N–H and O–H groups in total. The lowest BCUT2D eigenvalue weighted by atomic mass is 10.1. The number of likely N-dealkylation sites (tertiary alicyclic amines) is 1. The lowest BCUT2D eigenvalue weighted by molar-refractivity contribution is 0.254. The summed E-state index contributed by atoms with van der Waals surface area (Å²) in [7, 11) is 0. The minimum Gasteiger partial charge on any atom is -0.302 e. The first kappa shape index (κ1) is 13.5. The van der Waals surface area contributed by atoms with Gasteiger partial charge in [0.1, 0.15) is 0 Å². The van der Waals surface area contributed by atoms with E-state index in [4.69, 9.17) is 0 Å². The maximum absolute atomic E-state index is 3.79. The zero-order valence-electron chi connectivity index (χ0n) is 11.9. The average Bonchev–Trinajstić information content (AvgIpc) is 2.66. The first-order valence-corrected chi connectivity index (χ1v) is 8.26. The van der Waals surface area contributed by atoms with Gasteiger partial charge in [0.15, 0.2) is 0 Å². The van der Waals surface area contributed by atoms with Gasteiger partial charge in [-0.05, 0) is 31.9 Å². The van der Waals surface area contributed by atoms with Gasteiger partial charge in [0.05, 0.1) is 4.87 Å². The molecule has 0 radical (unpaired) electrons. The van der Waals surface area contributed by atoms with Gasteiger partial charge in [-0.15, -0.1) is 11.8 Å². The Balaban J connectivity index is 1.68. The van der Waals surface area contributed by atoms with Crippen LogP contribution in [0.15, 0.2) is 30.3 Å². The third-order valence-electron chi connectivity index (χ3n) is 4.36. The fraction of sp³-hybridized carbons (Fsp3) is 0.625. The summed E-state index contributed by atoms with van der Waals surface area (Å²) >= 11 is 2.16. The van der Waals surface area contributed by atoms with Gasteiger partial charge >= 0.3 is 0 Å². The largest absolute Gasteiger partial charge is 0.302 e. The van der Waals surface area contributed by atoms with Crippen LogP contribution in [-0.2, 0) is 6.54 Å². The van der Waals surface area contributed by atoms with Crippen molar-refractivity contribution in [3.05, 3.63) is 35.9 Å². The van der Waals surface area contributed by atoms with Crippen molar-refractivity contribution in [2.24, 2.45) is 0 Å². The first-order valence-electron chi connectivity index (χ1n) is 7.38. The fourth-order valence-corrected chi connectivity index (χ4v) is 5.16. The molecule has 2 aliphatic rings. The molecular formula is C16H24N2S. The Morgan fingerprint density at radius 1 is 1.32 bits per heavy atom. The lowest BCUT2D eigenvalue weighted by Gasteiger charge is -2.37. The lowest BCUT2D eigenvalue weighted by Crippen LogP contribution is -2.49. The van der Waals surface area contributed by atoms with E-state index in [0.29, 0.717) is 10.9 Å². The van der Waals surface area contributed by atoms with Gasteiger partial charge < -0.3 is 5.32 Å². The minimum absolute atomic E-state index is 0.311. The monoisotopic (exact) mass is 276 g/mol. The van der Waals surface area contributed by atoms with Crippen molar-refractivity contribution >= 4 is 11.8 Å². The van der Waals surface area contributed by atoms with Crippen LogP contribution in [0.3, 0.4) is 0 Å². The second-order valence-electron chi connectivity index (χ2n) is 6.08. The number of nitrogens with zero attached hydrogens (tertiary/aromatic N) is 1. The summed E-state index contributed by atoms with van der Waals surface area (Å²) < 4.78 is 0. The number of thioether (sulfide) groups is 1. The number of rotatable bonds is 2. The zero-order valence-corrected chi connectivity index (χ0v) is 12.7. The van der Waals surface area contributed by atoms with Gasteiger partial charge in [-0.2, -0.15) is 0 Å². The molecule has 2 saturated heterocycles. The number of hydrogen-bond acceptors (Lipinski definition) is 3. The van der Waals surface area contributed by atoms with E-state index < -0.39 is 0 Å². The fourth-order valence-electron chi connectivity index (χ4n) is 3.39. The van der Waals surface area contributed by atoms with Gasteiger partial charge in [0.2, 0.25) is 0 Å². The van der Waals surface area contributed by atoms with Gasteiger partial charge in [0, 0.05) is 24.4 Å². The molecule has 1 spiro atoms. The quantitative estimate of drug-likeness (QED) is 0.893. The molecule has 2 fully saturated rings. The molecule has 2 heterocycles. The number of hydrogen-bond donors (Lipinski definition) is 1. The molecule has 3 heteroatoms. The van der Waals surface area contributed by atoms with Crippen molar-refractivity contribution in [1.29, 1.82) is 0 Å². The zero-order chi connectivity index (χ0) is 13.3. The van der Waals surface area contributed by atoms with E-state index in [9.17, 15) is 0 Å². The summed E-state index contributed by atoms with van der Waals surface area (Å²) in [5, 5.41) is 4.59. The van der Waals surface area contributed by atoms with E-state index in [1.165, 1.54) is 31.5 Å². The summed E-state index contributed by atoms with van der Waals surface area (Å²) in [6.07, 6.45) is 2.58. The average molecular weight is 276 g/mol. The van der Waals surface area contributed by atoms with Crippen LogP contribution >= 0.6 is 11.8 Å². The SMILES string of the molecule is CC1CCNC2(CC(C)N(Cc3ccccc3)C2)S1. The predicted molar refractivity (Wildman–Crippen MR) is 83.3 cm³/mol. The Bertz CT molecular complexity index is 422. The molecule has 19 heavy (non-hydrogen) atoms. The van der Waals surface area contributed by atoms with Crippen molar-refractivity contribution in [1.82, 2.24) is 10.2 Å². The van der Waals surface area contributed by atoms with Gasteiger partial charge in [-0.25, -0.2) is 0 Å². The van der Waals surface area contributed by atoms with Crippen LogP contribution in [0.2, 0.25) is 0 Å². The standard InChI is InChI=1S/C16H24N2S/c1-13-10-16(17-9-8-14(2)19-16)12-18(13)11-15-6-4-3-5-7-15/h3-7,13-14,17H,8-12H2,1-2H3. The van der Waals surface area contributed by atoms with E-state index in [2.05, 4.69) is 66.2 Å². The molecule has 1 aromatic rings.